The van der Waals surface area contributed by atoms with Crippen LogP contribution in [0, 0.1) is 5.82 Å². The van der Waals surface area contributed by atoms with E-state index in [9.17, 15) is 4.39 Å². The number of piperazine rings is 1. The van der Waals surface area contributed by atoms with Crippen LogP contribution in [0.5, 0.6) is 0 Å². The Morgan fingerprint density at radius 3 is 3.00 bits per heavy atom. The monoisotopic (exact) mass is 291 g/mol. The molecule has 0 saturated carbocycles. The van der Waals surface area contributed by atoms with Crippen molar-refractivity contribution in [2.24, 2.45) is 0 Å². The summed E-state index contributed by atoms with van der Waals surface area (Å²) >= 11 is 0. The molecule has 1 aromatic rings. The zero-order valence-electron chi connectivity index (χ0n) is 13.1. The Bertz CT molecular complexity index is 491. The molecule has 2 atom stereocenters. The van der Waals surface area contributed by atoms with Gasteiger partial charge < -0.3 is 10.2 Å². The first-order valence-electron chi connectivity index (χ1n) is 8.21. The first kappa shape index (κ1) is 14.8. The van der Waals surface area contributed by atoms with Gasteiger partial charge in [-0.3, -0.25) is 4.90 Å². The minimum atomic E-state index is -0.0881. The number of halogens is 1. The van der Waals surface area contributed by atoms with Crippen LogP contribution in [-0.2, 0) is 0 Å². The summed E-state index contributed by atoms with van der Waals surface area (Å²) in [4.78, 5) is 4.97. The summed E-state index contributed by atoms with van der Waals surface area (Å²) in [5.41, 5.74) is 1.90. The predicted octanol–water partition coefficient (Wildman–Crippen LogP) is 2.78. The smallest absolute Gasteiger partial charge is 0.130 e. The van der Waals surface area contributed by atoms with Gasteiger partial charge in [0.05, 0.1) is 0 Å². The molecule has 0 aromatic heterocycles. The van der Waals surface area contributed by atoms with E-state index < -0.39 is 0 Å². The summed E-state index contributed by atoms with van der Waals surface area (Å²) in [5.74, 6) is -0.0881. The zero-order chi connectivity index (χ0) is 14.8. The molecular formula is C17H26FN3. The SMILES string of the molecule is CCNC(C)c1c(F)cccc1N1CCN2CCCC2C1. The number of anilines is 1. The van der Waals surface area contributed by atoms with Gasteiger partial charge in [-0.2, -0.15) is 0 Å². The molecule has 0 spiro atoms. The van der Waals surface area contributed by atoms with Gasteiger partial charge in [-0.1, -0.05) is 13.0 Å². The van der Waals surface area contributed by atoms with E-state index in [0.717, 1.165) is 37.4 Å². The highest BCUT2D eigenvalue weighted by molar-refractivity contribution is 5.56. The molecule has 0 bridgehead atoms. The quantitative estimate of drug-likeness (QED) is 0.920. The van der Waals surface area contributed by atoms with Gasteiger partial charge in [0.25, 0.3) is 0 Å². The molecule has 0 radical (unpaired) electrons. The van der Waals surface area contributed by atoms with Crippen molar-refractivity contribution in [2.45, 2.75) is 38.8 Å². The van der Waals surface area contributed by atoms with Crippen molar-refractivity contribution in [3.05, 3.63) is 29.6 Å². The minimum absolute atomic E-state index is 0.0489. The van der Waals surface area contributed by atoms with Gasteiger partial charge in [-0.25, -0.2) is 4.39 Å². The van der Waals surface area contributed by atoms with Crippen LogP contribution in [0.3, 0.4) is 0 Å². The lowest BCUT2D eigenvalue weighted by Crippen LogP contribution is -2.50. The summed E-state index contributed by atoms with van der Waals surface area (Å²) in [6, 6.07) is 6.21. The van der Waals surface area contributed by atoms with E-state index in [1.807, 2.05) is 6.07 Å². The second-order valence-corrected chi connectivity index (χ2v) is 6.23. The fourth-order valence-electron chi connectivity index (χ4n) is 3.85. The van der Waals surface area contributed by atoms with Crippen LogP contribution in [0.15, 0.2) is 18.2 Å². The normalized spacial score (nSPS) is 24.1. The highest BCUT2D eigenvalue weighted by Gasteiger charge is 2.32. The maximum atomic E-state index is 14.4. The number of hydrogen-bond donors (Lipinski definition) is 1. The van der Waals surface area contributed by atoms with Gasteiger partial charge >= 0.3 is 0 Å². The minimum Gasteiger partial charge on any atom is -0.368 e. The molecule has 2 heterocycles. The zero-order valence-corrected chi connectivity index (χ0v) is 13.1. The topological polar surface area (TPSA) is 18.5 Å². The third kappa shape index (κ3) is 2.92. The van der Waals surface area contributed by atoms with Crippen LogP contribution < -0.4 is 10.2 Å². The van der Waals surface area contributed by atoms with Gasteiger partial charge in [-0.15, -0.1) is 0 Å². The molecule has 3 rings (SSSR count). The maximum Gasteiger partial charge on any atom is 0.130 e. The first-order chi connectivity index (χ1) is 10.2. The van der Waals surface area contributed by atoms with Gasteiger partial charge in [-0.05, 0) is 45.0 Å². The van der Waals surface area contributed by atoms with E-state index in [2.05, 4.69) is 35.0 Å². The van der Waals surface area contributed by atoms with E-state index in [0.29, 0.717) is 6.04 Å². The summed E-state index contributed by atoms with van der Waals surface area (Å²) < 4.78 is 14.4. The second-order valence-electron chi connectivity index (χ2n) is 6.23. The molecule has 1 aromatic carbocycles. The molecule has 0 amide bonds. The fourth-order valence-corrected chi connectivity index (χ4v) is 3.85. The van der Waals surface area contributed by atoms with Gasteiger partial charge in [0, 0.05) is 43.0 Å². The number of nitrogens with zero attached hydrogens (tertiary/aromatic N) is 2. The molecule has 2 aliphatic rings. The van der Waals surface area contributed by atoms with Gasteiger partial charge in [0.2, 0.25) is 0 Å². The van der Waals surface area contributed by atoms with Crippen LogP contribution in [0.2, 0.25) is 0 Å². The van der Waals surface area contributed by atoms with Crippen molar-refractivity contribution in [3.63, 3.8) is 0 Å². The van der Waals surface area contributed by atoms with E-state index in [1.54, 1.807) is 6.07 Å². The highest BCUT2D eigenvalue weighted by atomic mass is 19.1. The van der Waals surface area contributed by atoms with Crippen molar-refractivity contribution < 1.29 is 4.39 Å². The van der Waals surface area contributed by atoms with Crippen LogP contribution in [-0.4, -0.2) is 43.7 Å². The molecule has 2 saturated heterocycles. The predicted molar refractivity (Wildman–Crippen MR) is 85.3 cm³/mol. The van der Waals surface area contributed by atoms with Crippen molar-refractivity contribution in [3.8, 4) is 0 Å². The summed E-state index contributed by atoms with van der Waals surface area (Å²) in [6.45, 7) is 9.36. The average molecular weight is 291 g/mol. The number of rotatable bonds is 4. The van der Waals surface area contributed by atoms with Crippen LogP contribution >= 0.6 is 0 Å². The Balaban J connectivity index is 1.86. The van der Waals surface area contributed by atoms with Crippen LogP contribution in [0.4, 0.5) is 10.1 Å². The highest BCUT2D eigenvalue weighted by Crippen LogP contribution is 2.32. The number of fused-ring (bicyclic) bond motifs is 1. The third-order valence-corrected chi connectivity index (χ3v) is 4.90. The summed E-state index contributed by atoms with van der Waals surface area (Å²) in [6.07, 6.45) is 2.59. The van der Waals surface area contributed by atoms with Crippen LogP contribution in [0.25, 0.3) is 0 Å². The second kappa shape index (κ2) is 6.32. The molecule has 0 aliphatic carbocycles. The molecule has 116 valence electrons. The maximum absolute atomic E-state index is 14.4. The fraction of sp³-hybridized carbons (Fsp3) is 0.647. The number of nitrogens with one attached hydrogen (secondary N) is 1. The Hall–Kier alpha value is -1.13. The van der Waals surface area contributed by atoms with Crippen LogP contribution in [0.1, 0.15) is 38.3 Å². The molecule has 3 nitrogen and oxygen atoms in total. The standard InChI is InChI=1S/C17H26FN3/c1-3-19-13(2)17-15(18)7-4-8-16(17)21-11-10-20-9-5-6-14(20)12-21/h4,7-8,13-14,19H,3,5-6,9-12H2,1-2H3. The van der Waals surface area contributed by atoms with Crippen molar-refractivity contribution in [1.82, 2.24) is 10.2 Å². The lowest BCUT2D eigenvalue weighted by atomic mass is 10.0. The van der Waals surface area contributed by atoms with Crippen molar-refractivity contribution in [1.29, 1.82) is 0 Å². The number of hydrogen-bond acceptors (Lipinski definition) is 3. The van der Waals surface area contributed by atoms with Gasteiger partial charge in [0.15, 0.2) is 0 Å². The van der Waals surface area contributed by atoms with E-state index in [-0.39, 0.29) is 11.9 Å². The Labute approximate surface area is 127 Å². The summed E-state index contributed by atoms with van der Waals surface area (Å²) in [7, 11) is 0. The van der Waals surface area contributed by atoms with E-state index >= 15 is 0 Å². The Kier molecular flexibility index (Phi) is 4.45. The average Bonchev–Trinajstić information content (AvgIpc) is 2.94. The Morgan fingerprint density at radius 2 is 2.19 bits per heavy atom. The molecule has 1 N–H and O–H groups in total. The molecular weight excluding hydrogens is 265 g/mol. The lowest BCUT2D eigenvalue weighted by Gasteiger charge is -2.40. The van der Waals surface area contributed by atoms with E-state index in [1.165, 1.54) is 19.4 Å². The lowest BCUT2D eigenvalue weighted by molar-refractivity contribution is 0.230. The third-order valence-electron chi connectivity index (χ3n) is 4.90. The van der Waals surface area contributed by atoms with Crippen molar-refractivity contribution >= 4 is 5.69 Å². The first-order valence-corrected chi connectivity index (χ1v) is 8.21. The largest absolute Gasteiger partial charge is 0.368 e. The van der Waals surface area contributed by atoms with Crippen molar-refractivity contribution in [2.75, 3.05) is 37.6 Å². The van der Waals surface area contributed by atoms with E-state index in [4.69, 9.17) is 0 Å². The molecule has 21 heavy (non-hydrogen) atoms. The summed E-state index contributed by atoms with van der Waals surface area (Å²) in [5, 5.41) is 3.35. The number of benzene rings is 1. The molecule has 4 heteroatoms. The molecule has 2 fully saturated rings. The Morgan fingerprint density at radius 1 is 1.33 bits per heavy atom. The van der Waals surface area contributed by atoms with Gasteiger partial charge in [0.1, 0.15) is 5.82 Å². The molecule has 2 aliphatic heterocycles. The molecule has 2 unspecified atom stereocenters.